The van der Waals surface area contributed by atoms with Gasteiger partial charge in [0, 0.05) is 15.1 Å². The minimum Gasteiger partial charge on any atom is -0.399 e. The Morgan fingerprint density at radius 2 is 1.57 bits per heavy atom. The number of anilines is 1. The molecule has 0 aromatic heterocycles. The van der Waals surface area contributed by atoms with E-state index in [1.54, 1.807) is 0 Å². The Hall–Kier alpha value is -1.28. The van der Waals surface area contributed by atoms with Gasteiger partial charge in [0.15, 0.2) is 0 Å². The van der Waals surface area contributed by atoms with Gasteiger partial charge < -0.3 is 5.73 Å². The molecular weight excluding hydrogens is 377 g/mol. The lowest BCUT2D eigenvalue weighted by molar-refractivity contribution is -0.137. The standard InChI is InChI=1S/C13H7BrF5NS/c14-8-3-6(13(17,18)19)1-2-11(8)21-12-9(15)4-7(20)5-10(12)16/h1-5H,20H2. The van der Waals surface area contributed by atoms with Crippen molar-refractivity contribution in [3.05, 3.63) is 52.0 Å². The third-order valence-corrected chi connectivity index (χ3v) is 4.58. The highest BCUT2D eigenvalue weighted by Crippen LogP contribution is 2.40. The van der Waals surface area contributed by atoms with Crippen LogP contribution in [-0.4, -0.2) is 0 Å². The van der Waals surface area contributed by atoms with Crippen LogP contribution in [0.1, 0.15) is 5.56 Å². The number of rotatable bonds is 2. The molecule has 0 radical (unpaired) electrons. The Kier molecular flexibility index (Phi) is 4.48. The summed E-state index contributed by atoms with van der Waals surface area (Å²) in [5, 5.41) is 0. The highest BCUT2D eigenvalue weighted by atomic mass is 79.9. The van der Waals surface area contributed by atoms with E-state index in [0.717, 1.165) is 30.3 Å². The summed E-state index contributed by atoms with van der Waals surface area (Å²) in [6.07, 6.45) is -4.48. The zero-order chi connectivity index (χ0) is 15.8. The quantitative estimate of drug-likeness (QED) is 0.548. The first-order chi connectivity index (χ1) is 9.68. The first-order valence-electron chi connectivity index (χ1n) is 5.47. The number of nitrogens with two attached hydrogens (primary N) is 1. The van der Waals surface area contributed by atoms with E-state index in [9.17, 15) is 22.0 Å². The molecule has 0 unspecified atom stereocenters. The van der Waals surface area contributed by atoms with Crippen LogP contribution in [0.4, 0.5) is 27.6 Å². The molecule has 112 valence electrons. The maximum absolute atomic E-state index is 13.7. The number of nitrogen functional groups attached to an aromatic ring is 1. The van der Waals surface area contributed by atoms with Crippen molar-refractivity contribution in [2.45, 2.75) is 16.0 Å². The van der Waals surface area contributed by atoms with E-state index in [4.69, 9.17) is 5.73 Å². The van der Waals surface area contributed by atoms with E-state index in [-0.39, 0.29) is 20.0 Å². The van der Waals surface area contributed by atoms with Crippen LogP contribution in [0.5, 0.6) is 0 Å². The summed E-state index contributed by atoms with van der Waals surface area (Å²) in [6, 6.07) is 4.75. The van der Waals surface area contributed by atoms with Gasteiger partial charge in [-0.3, -0.25) is 0 Å². The second-order valence-corrected chi connectivity index (χ2v) is 5.97. The molecule has 2 N–H and O–H groups in total. The van der Waals surface area contributed by atoms with Gasteiger partial charge in [-0.05, 0) is 46.3 Å². The molecule has 0 heterocycles. The van der Waals surface area contributed by atoms with Crippen LogP contribution in [0, 0.1) is 11.6 Å². The van der Waals surface area contributed by atoms with Gasteiger partial charge in [-0.25, -0.2) is 8.78 Å². The molecule has 0 fully saturated rings. The predicted octanol–water partition coefficient (Wildman–Crippen LogP) is 5.48. The lowest BCUT2D eigenvalue weighted by Gasteiger charge is -2.11. The summed E-state index contributed by atoms with van der Waals surface area (Å²) in [5.41, 5.74) is 4.38. The summed E-state index contributed by atoms with van der Waals surface area (Å²) in [7, 11) is 0. The molecule has 1 nitrogen and oxygen atoms in total. The summed E-state index contributed by atoms with van der Waals surface area (Å²) < 4.78 is 65.0. The molecule has 2 aromatic carbocycles. The Morgan fingerprint density at radius 3 is 2.05 bits per heavy atom. The lowest BCUT2D eigenvalue weighted by atomic mass is 10.2. The van der Waals surface area contributed by atoms with Crippen LogP contribution in [-0.2, 0) is 6.18 Å². The van der Waals surface area contributed by atoms with Crippen molar-refractivity contribution in [1.29, 1.82) is 0 Å². The number of alkyl halides is 3. The van der Waals surface area contributed by atoms with Gasteiger partial charge in [0.2, 0.25) is 0 Å². The maximum Gasteiger partial charge on any atom is 0.416 e. The monoisotopic (exact) mass is 383 g/mol. The number of benzene rings is 2. The largest absolute Gasteiger partial charge is 0.416 e. The third-order valence-electron chi connectivity index (χ3n) is 2.49. The normalized spacial score (nSPS) is 11.7. The van der Waals surface area contributed by atoms with Crippen molar-refractivity contribution >= 4 is 33.4 Å². The first-order valence-corrected chi connectivity index (χ1v) is 7.08. The molecule has 0 atom stereocenters. The average molecular weight is 384 g/mol. The van der Waals surface area contributed by atoms with E-state index in [1.165, 1.54) is 0 Å². The zero-order valence-electron chi connectivity index (χ0n) is 10.1. The van der Waals surface area contributed by atoms with Crippen molar-refractivity contribution in [2.24, 2.45) is 0 Å². The summed E-state index contributed by atoms with van der Waals surface area (Å²) in [6.45, 7) is 0. The smallest absolute Gasteiger partial charge is 0.399 e. The van der Waals surface area contributed by atoms with E-state index in [0.29, 0.717) is 11.8 Å². The van der Waals surface area contributed by atoms with Crippen LogP contribution >= 0.6 is 27.7 Å². The molecule has 0 amide bonds. The first kappa shape index (κ1) is 16.1. The molecular formula is C13H7BrF5NS. The van der Waals surface area contributed by atoms with Gasteiger partial charge in [-0.15, -0.1) is 0 Å². The molecule has 8 heteroatoms. The van der Waals surface area contributed by atoms with Crippen LogP contribution in [0.3, 0.4) is 0 Å². The van der Waals surface area contributed by atoms with Crippen molar-refractivity contribution in [2.75, 3.05) is 5.73 Å². The van der Waals surface area contributed by atoms with Crippen molar-refractivity contribution < 1.29 is 22.0 Å². The van der Waals surface area contributed by atoms with E-state index >= 15 is 0 Å². The molecule has 2 rings (SSSR count). The van der Waals surface area contributed by atoms with Crippen molar-refractivity contribution in [1.82, 2.24) is 0 Å². The van der Waals surface area contributed by atoms with Gasteiger partial charge in [0.05, 0.1) is 10.5 Å². The number of halogens is 6. The highest BCUT2D eigenvalue weighted by Gasteiger charge is 2.31. The van der Waals surface area contributed by atoms with Crippen LogP contribution in [0.25, 0.3) is 0 Å². The molecule has 2 aromatic rings. The summed E-state index contributed by atoms with van der Waals surface area (Å²) in [4.78, 5) is -0.0739. The van der Waals surface area contributed by atoms with Gasteiger partial charge in [0.1, 0.15) is 11.6 Å². The molecule has 0 spiro atoms. The molecule has 0 bridgehead atoms. The van der Waals surface area contributed by atoms with Gasteiger partial charge in [-0.1, -0.05) is 11.8 Å². The van der Waals surface area contributed by atoms with Crippen LogP contribution < -0.4 is 5.73 Å². The van der Waals surface area contributed by atoms with Crippen LogP contribution in [0.15, 0.2) is 44.6 Å². The van der Waals surface area contributed by atoms with Gasteiger partial charge in [-0.2, -0.15) is 13.2 Å². The molecule has 0 saturated heterocycles. The minimum atomic E-state index is -4.48. The molecule has 0 aliphatic rings. The Labute approximate surface area is 129 Å². The van der Waals surface area contributed by atoms with E-state index in [1.807, 2.05) is 0 Å². The fourth-order valence-corrected chi connectivity index (χ4v) is 2.99. The topological polar surface area (TPSA) is 26.0 Å². The average Bonchev–Trinajstić information content (AvgIpc) is 2.33. The highest BCUT2D eigenvalue weighted by molar-refractivity contribution is 9.10. The molecule has 21 heavy (non-hydrogen) atoms. The van der Waals surface area contributed by atoms with Crippen molar-refractivity contribution in [3.8, 4) is 0 Å². The molecule has 0 aliphatic heterocycles. The molecule has 0 aliphatic carbocycles. The molecule has 0 saturated carbocycles. The summed E-state index contributed by atoms with van der Waals surface area (Å²) >= 11 is 3.65. The SMILES string of the molecule is Nc1cc(F)c(Sc2ccc(C(F)(F)F)cc2Br)c(F)c1. The predicted molar refractivity (Wildman–Crippen MR) is 74.0 cm³/mol. The third kappa shape index (κ3) is 3.68. The lowest BCUT2D eigenvalue weighted by Crippen LogP contribution is -2.04. The fraction of sp³-hybridized carbons (Fsp3) is 0.0769. The Morgan fingerprint density at radius 1 is 1.00 bits per heavy atom. The van der Waals surface area contributed by atoms with E-state index < -0.39 is 23.4 Å². The second kappa shape index (κ2) is 5.84. The second-order valence-electron chi connectivity index (χ2n) is 4.06. The van der Waals surface area contributed by atoms with Gasteiger partial charge >= 0.3 is 6.18 Å². The fourth-order valence-electron chi connectivity index (χ4n) is 1.55. The maximum atomic E-state index is 13.7. The Balaban J connectivity index is 2.37. The van der Waals surface area contributed by atoms with Crippen LogP contribution in [0.2, 0.25) is 0 Å². The minimum absolute atomic E-state index is 0.0687. The van der Waals surface area contributed by atoms with Gasteiger partial charge in [0.25, 0.3) is 0 Å². The number of hydrogen-bond acceptors (Lipinski definition) is 2. The van der Waals surface area contributed by atoms with Crippen molar-refractivity contribution in [3.63, 3.8) is 0 Å². The number of hydrogen-bond donors (Lipinski definition) is 1. The Bertz CT molecular complexity index is 664. The zero-order valence-corrected chi connectivity index (χ0v) is 12.5. The summed E-state index contributed by atoms with van der Waals surface area (Å²) in [5.74, 6) is -1.74. The van der Waals surface area contributed by atoms with E-state index in [2.05, 4.69) is 15.9 Å².